The molecule has 2 aromatic heterocycles. The van der Waals surface area contributed by atoms with E-state index in [1.165, 1.54) is 61.1 Å². The molecular weight excluding hydrogens is 643 g/mol. The Morgan fingerprint density at radius 3 is 1.85 bits per heavy atom. The molecule has 0 fully saturated rings. The Bertz CT molecular complexity index is 2780. The Labute approximate surface area is 310 Å². The van der Waals surface area contributed by atoms with E-state index >= 15 is 0 Å². The molecule has 0 atom stereocenters. The second kappa shape index (κ2) is 12.2. The number of nitrogens with zero attached hydrogens (tertiary/aromatic N) is 3. The Morgan fingerprint density at radius 1 is 0.491 bits per heavy atom. The zero-order chi connectivity index (χ0) is 35.5. The van der Waals surface area contributed by atoms with Crippen LogP contribution in [-0.2, 0) is 5.41 Å². The number of benzene rings is 7. The SMILES string of the molecule is CC1(C)c2ccccc2-c2c(N(c3ccc(-c4ccccc4)cc3)c3ccc(-c4cccc5c4c4cnccc4n5-c4ccccc4)cc3)cccc21. The molecule has 3 heteroatoms. The lowest BCUT2D eigenvalue weighted by Crippen LogP contribution is -2.16. The van der Waals surface area contributed by atoms with E-state index in [4.69, 9.17) is 0 Å². The Balaban J connectivity index is 1.14. The van der Waals surface area contributed by atoms with Gasteiger partial charge in [0, 0.05) is 51.2 Å². The van der Waals surface area contributed by atoms with Crippen LogP contribution in [0.1, 0.15) is 25.0 Å². The predicted octanol–water partition coefficient (Wildman–Crippen LogP) is 13.3. The van der Waals surface area contributed by atoms with E-state index < -0.39 is 0 Å². The molecule has 1 aliphatic rings. The van der Waals surface area contributed by atoms with Gasteiger partial charge in [-0.3, -0.25) is 4.98 Å². The molecule has 53 heavy (non-hydrogen) atoms. The summed E-state index contributed by atoms with van der Waals surface area (Å²) in [6.07, 6.45) is 3.89. The van der Waals surface area contributed by atoms with Crippen LogP contribution in [0.15, 0.2) is 188 Å². The molecule has 0 amide bonds. The third-order valence-electron chi connectivity index (χ3n) is 11.1. The Kier molecular flexibility index (Phi) is 7.16. The number of rotatable bonds is 6. The fraction of sp³-hybridized carbons (Fsp3) is 0.0600. The van der Waals surface area contributed by atoms with Crippen molar-refractivity contribution in [2.75, 3.05) is 4.90 Å². The molecular formula is C50H37N3. The van der Waals surface area contributed by atoms with Crippen molar-refractivity contribution < 1.29 is 0 Å². The first-order chi connectivity index (χ1) is 26.1. The molecule has 252 valence electrons. The van der Waals surface area contributed by atoms with Gasteiger partial charge in [0.05, 0.1) is 16.7 Å². The Hall–Kier alpha value is -6.71. The van der Waals surface area contributed by atoms with Crippen molar-refractivity contribution in [2.24, 2.45) is 0 Å². The number of para-hydroxylation sites is 1. The van der Waals surface area contributed by atoms with Crippen molar-refractivity contribution >= 4 is 38.9 Å². The molecule has 0 bridgehead atoms. The van der Waals surface area contributed by atoms with Crippen LogP contribution in [-0.4, -0.2) is 9.55 Å². The van der Waals surface area contributed by atoms with Crippen LogP contribution in [0.3, 0.4) is 0 Å². The van der Waals surface area contributed by atoms with Gasteiger partial charge in [-0.25, -0.2) is 0 Å². The molecule has 7 aromatic carbocycles. The number of aromatic nitrogens is 2. The molecule has 0 saturated heterocycles. The molecule has 0 radical (unpaired) electrons. The minimum Gasteiger partial charge on any atom is -0.310 e. The van der Waals surface area contributed by atoms with Crippen molar-refractivity contribution in [3.05, 3.63) is 199 Å². The number of anilines is 3. The standard InChI is InChI=1S/C50H37N3/c1-50(2)43-19-10-9-17-41(43)49-44(50)20-12-22-47(49)52(38-27-23-35(24-28-38)34-13-5-3-6-14-34)39-29-25-36(26-30-39)40-18-11-21-46-48(40)42-33-51-32-31-45(42)53(46)37-15-7-4-8-16-37/h3-33H,1-2H3. The van der Waals surface area contributed by atoms with Gasteiger partial charge in [0.2, 0.25) is 0 Å². The van der Waals surface area contributed by atoms with E-state index in [0.29, 0.717) is 0 Å². The number of hydrogen-bond acceptors (Lipinski definition) is 2. The van der Waals surface area contributed by atoms with Gasteiger partial charge in [-0.2, -0.15) is 0 Å². The maximum absolute atomic E-state index is 4.57. The van der Waals surface area contributed by atoms with Crippen LogP contribution in [0.4, 0.5) is 17.1 Å². The quantitative estimate of drug-likeness (QED) is 0.174. The number of hydrogen-bond donors (Lipinski definition) is 0. The topological polar surface area (TPSA) is 21.1 Å². The molecule has 2 heterocycles. The average molecular weight is 680 g/mol. The second-order valence-electron chi connectivity index (χ2n) is 14.4. The molecule has 0 aliphatic heterocycles. The third kappa shape index (κ3) is 4.92. The van der Waals surface area contributed by atoms with E-state index in [2.05, 4.69) is 204 Å². The summed E-state index contributed by atoms with van der Waals surface area (Å²) >= 11 is 0. The highest BCUT2D eigenvalue weighted by molar-refractivity contribution is 6.15. The molecule has 9 aromatic rings. The molecule has 0 N–H and O–H groups in total. The lowest BCUT2D eigenvalue weighted by molar-refractivity contribution is 0.660. The van der Waals surface area contributed by atoms with Crippen molar-refractivity contribution in [1.29, 1.82) is 0 Å². The highest BCUT2D eigenvalue weighted by Crippen LogP contribution is 2.54. The molecule has 0 spiro atoms. The van der Waals surface area contributed by atoms with Gasteiger partial charge in [-0.05, 0) is 93.5 Å². The smallest absolute Gasteiger partial charge is 0.0572 e. The molecule has 0 unspecified atom stereocenters. The van der Waals surface area contributed by atoms with E-state index in [1.54, 1.807) is 0 Å². The van der Waals surface area contributed by atoms with E-state index in [9.17, 15) is 0 Å². The minimum atomic E-state index is -0.0961. The van der Waals surface area contributed by atoms with Crippen molar-refractivity contribution in [3.63, 3.8) is 0 Å². The summed E-state index contributed by atoms with van der Waals surface area (Å²) in [7, 11) is 0. The summed E-state index contributed by atoms with van der Waals surface area (Å²) in [6.45, 7) is 4.69. The maximum Gasteiger partial charge on any atom is 0.0572 e. The summed E-state index contributed by atoms with van der Waals surface area (Å²) in [6, 6.07) is 63.8. The highest BCUT2D eigenvalue weighted by Gasteiger charge is 2.37. The molecule has 10 rings (SSSR count). The van der Waals surface area contributed by atoms with E-state index in [1.807, 2.05) is 12.4 Å². The minimum absolute atomic E-state index is 0.0961. The zero-order valence-electron chi connectivity index (χ0n) is 29.7. The second-order valence-corrected chi connectivity index (χ2v) is 14.4. The first kappa shape index (κ1) is 31.1. The van der Waals surface area contributed by atoms with Gasteiger partial charge in [-0.15, -0.1) is 0 Å². The molecule has 1 aliphatic carbocycles. The van der Waals surface area contributed by atoms with E-state index in [-0.39, 0.29) is 5.41 Å². The van der Waals surface area contributed by atoms with Crippen molar-refractivity contribution in [1.82, 2.24) is 9.55 Å². The average Bonchev–Trinajstić information content (AvgIpc) is 3.68. The van der Waals surface area contributed by atoms with E-state index in [0.717, 1.165) is 28.0 Å². The van der Waals surface area contributed by atoms with Crippen LogP contribution in [0.2, 0.25) is 0 Å². The zero-order valence-corrected chi connectivity index (χ0v) is 29.7. The van der Waals surface area contributed by atoms with Crippen LogP contribution in [0, 0.1) is 0 Å². The maximum atomic E-state index is 4.57. The number of fused-ring (bicyclic) bond motifs is 6. The normalized spacial score (nSPS) is 12.9. The van der Waals surface area contributed by atoms with Crippen LogP contribution >= 0.6 is 0 Å². The van der Waals surface area contributed by atoms with Gasteiger partial charge in [0.15, 0.2) is 0 Å². The molecule has 0 saturated carbocycles. The third-order valence-corrected chi connectivity index (χ3v) is 11.1. The first-order valence-electron chi connectivity index (χ1n) is 18.3. The predicted molar refractivity (Wildman–Crippen MR) is 222 cm³/mol. The van der Waals surface area contributed by atoms with Gasteiger partial charge < -0.3 is 9.47 Å². The largest absolute Gasteiger partial charge is 0.310 e. The number of pyridine rings is 1. The summed E-state index contributed by atoms with van der Waals surface area (Å²) in [4.78, 5) is 7.00. The van der Waals surface area contributed by atoms with Gasteiger partial charge >= 0.3 is 0 Å². The lowest BCUT2D eigenvalue weighted by Gasteiger charge is -2.29. The summed E-state index contributed by atoms with van der Waals surface area (Å²) in [5.74, 6) is 0. The van der Waals surface area contributed by atoms with Gasteiger partial charge in [-0.1, -0.05) is 135 Å². The fourth-order valence-electron chi connectivity index (χ4n) is 8.58. The van der Waals surface area contributed by atoms with Crippen LogP contribution in [0.5, 0.6) is 0 Å². The summed E-state index contributed by atoms with van der Waals surface area (Å²) in [5, 5.41) is 2.35. The highest BCUT2D eigenvalue weighted by atomic mass is 15.1. The van der Waals surface area contributed by atoms with Crippen LogP contribution in [0.25, 0.3) is 60.9 Å². The van der Waals surface area contributed by atoms with Crippen molar-refractivity contribution in [2.45, 2.75) is 19.3 Å². The first-order valence-corrected chi connectivity index (χ1v) is 18.3. The van der Waals surface area contributed by atoms with Gasteiger partial charge in [0.25, 0.3) is 0 Å². The monoisotopic (exact) mass is 679 g/mol. The van der Waals surface area contributed by atoms with Crippen molar-refractivity contribution in [3.8, 4) is 39.1 Å². The lowest BCUT2D eigenvalue weighted by atomic mass is 9.82. The Morgan fingerprint density at radius 2 is 1.09 bits per heavy atom. The molecule has 3 nitrogen and oxygen atoms in total. The van der Waals surface area contributed by atoms with Crippen LogP contribution < -0.4 is 4.90 Å². The fourth-order valence-corrected chi connectivity index (χ4v) is 8.58. The summed E-state index contributed by atoms with van der Waals surface area (Å²) < 4.78 is 2.35. The van der Waals surface area contributed by atoms with Gasteiger partial charge in [0.1, 0.15) is 0 Å². The summed E-state index contributed by atoms with van der Waals surface area (Å²) in [5.41, 5.74) is 16.9.